The molecule has 0 saturated carbocycles. The van der Waals surface area contributed by atoms with Crippen molar-refractivity contribution in [1.29, 1.82) is 0 Å². The van der Waals surface area contributed by atoms with Crippen molar-refractivity contribution in [3.05, 3.63) is 82.9 Å². The van der Waals surface area contributed by atoms with Gasteiger partial charge in [0.1, 0.15) is 11.5 Å². The summed E-state index contributed by atoms with van der Waals surface area (Å²) in [5.74, 6) is 0.797. The summed E-state index contributed by atoms with van der Waals surface area (Å²) in [6.07, 6.45) is 1.75. The largest absolute Gasteiger partial charge is 0.497 e. The van der Waals surface area contributed by atoms with Gasteiger partial charge in [0.2, 0.25) is 0 Å². The van der Waals surface area contributed by atoms with Gasteiger partial charge in [-0.25, -0.2) is 0 Å². The Hall–Kier alpha value is -3.84. The highest BCUT2D eigenvalue weighted by molar-refractivity contribution is 6.09. The van der Waals surface area contributed by atoms with Gasteiger partial charge in [-0.15, -0.1) is 0 Å². The SMILES string of the molecule is CNC1CCCN(C(=O)c2ccc(NC(=O)c3ccccc3C)cc2OC)c2ccc(OC)cc21. The molecule has 35 heavy (non-hydrogen) atoms. The monoisotopic (exact) mass is 473 g/mol. The summed E-state index contributed by atoms with van der Waals surface area (Å²) in [4.78, 5) is 28.3. The zero-order valence-corrected chi connectivity index (χ0v) is 20.6. The van der Waals surface area contributed by atoms with E-state index in [4.69, 9.17) is 9.47 Å². The zero-order valence-electron chi connectivity index (χ0n) is 20.6. The molecule has 2 N–H and O–H groups in total. The fourth-order valence-corrected chi connectivity index (χ4v) is 4.54. The number of rotatable bonds is 6. The first-order chi connectivity index (χ1) is 17.0. The van der Waals surface area contributed by atoms with Crippen LogP contribution in [0.3, 0.4) is 0 Å². The van der Waals surface area contributed by atoms with E-state index in [2.05, 4.69) is 10.6 Å². The smallest absolute Gasteiger partial charge is 0.262 e. The van der Waals surface area contributed by atoms with Gasteiger partial charge in [-0.1, -0.05) is 18.2 Å². The predicted octanol–water partition coefficient (Wildman–Crippen LogP) is 4.97. The topological polar surface area (TPSA) is 79.9 Å². The molecule has 0 radical (unpaired) electrons. The van der Waals surface area contributed by atoms with Crippen LogP contribution in [0.2, 0.25) is 0 Å². The molecule has 3 aromatic carbocycles. The third-order valence-electron chi connectivity index (χ3n) is 6.45. The van der Waals surface area contributed by atoms with Gasteiger partial charge >= 0.3 is 0 Å². The van der Waals surface area contributed by atoms with Gasteiger partial charge in [-0.2, -0.15) is 0 Å². The number of carbonyl (C=O) groups excluding carboxylic acids is 2. The molecule has 0 fully saturated rings. The van der Waals surface area contributed by atoms with Crippen LogP contribution in [0.4, 0.5) is 11.4 Å². The number of benzene rings is 3. The number of fused-ring (bicyclic) bond motifs is 1. The number of hydrogen-bond acceptors (Lipinski definition) is 5. The minimum absolute atomic E-state index is 0.124. The minimum atomic E-state index is -0.210. The molecule has 3 aromatic rings. The van der Waals surface area contributed by atoms with Crippen LogP contribution < -0.4 is 25.0 Å². The van der Waals surface area contributed by atoms with Crippen molar-refractivity contribution in [2.24, 2.45) is 0 Å². The van der Waals surface area contributed by atoms with Crippen molar-refractivity contribution in [3.8, 4) is 11.5 Å². The molecule has 1 aliphatic heterocycles. The second kappa shape index (κ2) is 10.6. The van der Waals surface area contributed by atoms with Gasteiger partial charge in [0.05, 0.1) is 19.8 Å². The van der Waals surface area contributed by atoms with Crippen molar-refractivity contribution in [1.82, 2.24) is 5.32 Å². The molecular formula is C28H31N3O4. The maximum absolute atomic E-state index is 13.8. The minimum Gasteiger partial charge on any atom is -0.497 e. The van der Waals surface area contributed by atoms with Crippen LogP contribution in [-0.4, -0.2) is 39.6 Å². The molecule has 0 aromatic heterocycles. The van der Waals surface area contributed by atoms with Crippen LogP contribution in [0, 0.1) is 6.92 Å². The third-order valence-corrected chi connectivity index (χ3v) is 6.45. The Labute approximate surface area is 206 Å². The second-order valence-electron chi connectivity index (χ2n) is 8.55. The Balaban J connectivity index is 1.64. The molecule has 4 rings (SSSR count). The van der Waals surface area contributed by atoms with Gasteiger partial charge in [-0.3, -0.25) is 9.59 Å². The molecular weight excluding hydrogens is 442 g/mol. The summed E-state index contributed by atoms with van der Waals surface area (Å²) in [6.45, 7) is 2.48. The first kappa shape index (κ1) is 24.3. The second-order valence-corrected chi connectivity index (χ2v) is 8.55. The first-order valence-corrected chi connectivity index (χ1v) is 11.7. The van der Waals surface area contributed by atoms with Crippen LogP contribution in [0.25, 0.3) is 0 Å². The number of ether oxygens (including phenoxy) is 2. The predicted molar refractivity (Wildman–Crippen MR) is 138 cm³/mol. The molecule has 0 saturated heterocycles. The number of aryl methyl sites for hydroxylation is 1. The number of hydrogen-bond donors (Lipinski definition) is 2. The maximum Gasteiger partial charge on any atom is 0.262 e. The molecule has 0 aliphatic carbocycles. The van der Waals surface area contributed by atoms with E-state index in [1.807, 2.05) is 50.4 Å². The fourth-order valence-electron chi connectivity index (χ4n) is 4.54. The zero-order chi connectivity index (χ0) is 24.9. The van der Waals surface area contributed by atoms with E-state index in [0.29, 0.717) is 29.1 Å². The lowest BCUT2D eigenvalue weighted by Crippen LogP contribution is -2.32. The average Bonchev–Trinajstić information content (AvgIpc) is 3.07. The Kier molecular flexibility index (Phi) is 7.36. The molecule has 2 amide bonds. The Morgan fingerprint density at radius 3 is 2.49 bits per heavy atom. The number of anilines is 2. The molecule has 0 bridgehead atoms. The molecule has 0 spiro atoms. The normalized spacial score (nSPS) is 15.1. The van der Waals surface area contributed by atoms with Gasteiger partial charge < -0.3 is 25.0 Å². The quantitative estimate of drug-likeness (QED) is 0.529. The molecule has 1 heterocycles. The lowest BCUT2D eigenvalue weighted by atomic mass is 10.0. The number of methoxy groups -OCH3 is 2. The first-order valence-electron chi connectivity index (χ1n) is 11.7. The van der Waals surface area contributed by atoms with Gasteiger partial charge in [0.25, 0.3) is 11.8 Å². The molecule has 182 valence electrons. The van der Waals surface area contributed by atoms with Crippen molar-refractivity contribution in [2.75, 3.05) is 38.0 Å². The molecule has 1 aliphatic rings. The van der Waals surface area contributed by atoms with Gasteiger partial charge in [-0.05, 0) is 74.3 Å². The van der Waals surface area contributed by atoms with Crippen molar-refractivity contribution >= 4 is 23.2 Å². The highest BCUT2D eigenvalue weighted by atomic mass is 16.5. The van der Waals surface area contributed by atoms with E-state index in [0.717, 1.165) is 35.4 Å². The number of nitrogens with one attached hydrogen (secondary N) is 2. The standard InChI is InChI=1S/C28H31N3O4/c1-18-8-5-6-9-21(18)27(32)30-19-11-13-22(26(16-19)35-4)28(33)31-15-7-10-24(29-2)23-17-20(34-3)12-14-25(23)31/h5-6,8-9,11-14,16-17,24,29H,7,10,15H2,1-4H3,(H,30,32). The summed E-state index contributed by atoms with van der Waals surface area (Å²) < 4.78 is 11.0. The summed E-state index contributed by atoms with van der Waals surface area (Å²) in [7, 11) is 5.09. The summed E-state index contributed by atoms with van der Waals surface area (Å²) in [5.41, 5.74) is 4.36. The van der Waals surface area contributed by atoms with E-state index in [1.165, 1.54) is 7.11 Å². The van der Waals surface area contributed by atoms with E-state index < -0.39 is 0 Å². The van der Waals surface area contributed by atoms with Gasteiger partial charge in [0, 0.05) is 35.6 Å². The number of carbonyl (C=O) groups is 2. The van der Waals surface area contributed by atoms with Crippen LogP contribution >= 0.6 is 0 Å². The lowest BCUT2D eigenvalue weighted by molar-refractivity contribution is 0.0983. The Bertz CT molecular complexity index is 1240. The Morgan fingerprint density at radius 1 is 0.971 bits per heavy atom. The lowest BCUT2D eigenvalue weighted by Gasteiger charge is -2.25. The van der Waals surface area contributed by atoms with Crippen molar-refractivity contribution < 1.29 is 19.1 Å². The molecule has 7 nitrogen and oxygen atoms in total. The average molecular weight is 474 g/mol. The summed E-state index contributed by atoms with van der Waals surface area (Å²) in [6, 6.07) is 18.4. The van der Waals surface area contributed by atoms with Crippen molar-refractivity contribution in [3.63, 3.8) is 0 Å². The molecule has 1 atom stereocenters. The highest BCUT2D eigenvalue weighted by Gasteiger charge is 2.28. The maximum atomic E-state index is 13.8. The highest BCUT2D eigenvalue weighted by Crippen LogP contribution is 2.37. The van der Waals surface area contributed by atoms with E-state index in [9.17, 15) is 9.59 Å². The van der Waals surface area contributed by atoms with Crippen LogP contribution in [0.5, 0.6) is 11.5 Å². The van der Waals surface area contributed by atoms with Crippen LogP contribution in [0.15, 0.2) is 60.7 Å². The van der Waals surface area contributed by atoms with Crippen molar-refractivity contribution in [2.45, 2.75) is 25.8 Å². The number of nitrogens with zero attached hydrogens (tertiary/aromatic N) is 1. The van der Waals surface area contributed by atoms with Crippen LogP contribution in [0.1, 0.15) is 50.7 Å². The molecule has 1 unspecified atom stereocenters. The third kappa shape index (κ3) is 5.00. The summed E-state index contributed by atoms with van der Waals surface area (Å²) in [5, 5.41) is 6.26. The van der Waals surface area contributed by atoms with E-state index in [1.54, 1.807) is 36.3 Å². The van der Waals surface area contributed by atoms with Gasteiger partial charge in [0.15, 0.2) is 0 Å². The number of amides is 2. The fraction of sp³-hybridized carbons (Fsp3) is 0.286. The summed E-state index contributed by atoms with van der Waals surface area (Å²) >= 11 is 0. The van der Waals surface area contributed by atoms with Crippen LogP contribution in [-0.2, 0) is 0 Å². The van der Waals surface area contributed by atoms with E-state index in [-0.39, 0.29) is 17.9 Å². The molecule has 7 heteroatoms. The van der Waals surface area contributed by atoms with E-state index >= 15 is 0 Å². The Morgan fingerprint density at radius 2 is 1.77 bits per heavy atom.